The fourth-order valence-electron chi connectivity index (χ4n) is 1.71. The lowest BCUT2D eigenvalue weighted by Gasteiger charge is -2.18. The van der Waals surface area contributed by atoms with Gasteiger partial charge in [0.25, 0.3) is 0 Å². The van der Waals surface area contributed by atoms with E-state index in [1.54, 1.807) is 12.1 Å². The average molecular weight is 300 g/mol. The number of hydrogen-bond donors (Lipinski definition) is 2. The number of nitrogens with two attached hydrogens (primary N) is 1. The Labute approximate surface area is 119 Å². The minimum atomic E-state index is -3.43. The highest BCUT2D eigenvalue weighted by Gasteiger charge is 2.21. The van der Waals surface area contributed by atoms with Crippen molar-refractivity contribution in [2.45, 2.75) is 27.2 Å². The third-order valence-corrected chi connectivity index (χ3v) is 4.20. The molecule has 20 heavy (non-hydrogen) atoms. The van der Waals surface area contributed by atoms with Crippen molar-refractivity contribution in [1.29, 1.82) is 0 Å². The summed E-state index contributed by atoms with van der Waals surface area (Å²) in [5, 5.41) is 0. The second-order valence-corrected chi connectivity index (χ2v) is 7.87. The van der Waals surface area contributed by atoms with E-state index in [9.17, 15) is 8.42 Å². The highest BCUT2D eigenvalue weighted by atomic mass is 32.2. The fourth-order valence-corrected chi connectivity index (χ4v) is 3.20. The van der Waals surface area contributed by atoms with Gasteiger partial charge < -0.3 is 15.2 Å². The van der Waals surface area contributed by atoms with Crippen LogP contribution in [-0.2, 0) is 10.0 Å². The molecule has 2 rings (SSSR count). The van der Waals surface area contributed by atoms with Gasteiger partial charge in [0.05, 0.1) is 17.1 Å². The zero-order valence-electron chi connectivity index (χ0n) is 11.9. The van der Waals surface area contributed by atoms with E-state index in [2.05, 4.69) is 4.72 Å². The maximum atomic E-state index is 12.1. The first-order valence-corrected chi connectivity index (χ1v) is 8.01. The summed E-state index contributed by atoms with van der Waals surface area (Å²) in [6, 6.07) is 3.11. The van der Waals surface area contributed by atoms with Crippen LogP contribution in [-0.4, -0.2) is 21.0 Å². The Bertz CT molecular complexity index is 606. The molecule has 112 valence electrons. The molecular formula is C13H20N2O4S. The van der Waals surface area contributed by atoms with Gasteiger partial charge in [-0.2, -0.15) is 0 Å². The van der Waals surface area contributed by atoms with Gasteiger partial charge in [-0.15, -0.1) is 0 Å². The van der Waals surface area contributed by atoms with Crippen LogP contribution in [0.1, 0.15) is 27.2 Å². The van der Waals surface area contributed by atoms with E-state index in [-0.39, 0.29) is 18.0 Å². The zero-order chi connectivity index (χ0) is 15.0. The fraction of sp³-hybridized carbons (Fsp3) is 0.538. The smallest absolute Gasteiger partial charge is 0.232 e. The Kier molecular flexibility index (Phi) is 3.73. The van der Waals surface area contributed by atoms with E-state index >= 15 is 0 Å². The molecule has 0 bridgehead atoms. The minimum Gasteiger partial charge on any atom is -0.454 e. The first-order chi connectivity index (χ1) is 9.16. The Balaban J connectivity index is 2.13. The SMILES string of the molecule is CC(C)(C)CCS(=O)(=O)Nc1cc2c(cc1N)OCO2. The summed E-state index contributed by atoms with van der Waals surface area (Å²) in [7, 11) is -3.43. The predicted molar refractivity (Wildman–Crippen MR) is 78.5 cm³/mol. The highest BCUT2D eigenvalue weighted by Crippen LogP contribution is 2.38. The Morgan fingerprint density at radius 1 is 1.25 bits per heavy atom. The van der Waals surface area contributed by atoms with Gasteiger partial charge in [0.1, 0.15) is 0 Å². The van der Waals surface area contributed by atoms with Crippen LogP contribution >= 0.6 is 0 Å². The largest absolute Gasteiger partial charge is 0.454 e. The first kappa shape index (κ1) is 14.8. The number of ether oxygens (including phenoxy) is 2. The van der Waals surface area contributed by atoms with Gasteiger partial charge in [-0.1, -0.05) is 20.8 Å². The molecule has 0 atom stereocenters. The van der Waals surface area contributed by atoms with Crippen molar-refractivity contribution in [2.75, 3.05) is 23.0 Å². The van der Waals surface area contributed by atoms with Gasteiger partial charge in [-0.05, 0) is 11.8 Å². The Hall–Kier alpha value is -1.63. The van der Waals surface area contributed by atoms with Gasteiger partial charge in [-0.3, -0.25) is 4.72 Å². The lowest BCUT2D eigenvalue weighted by atomic mass is 9.94. The van der Waals surface area contributed by atoms with Gasteiger partial charge in [0, 0.05) is 12.1 Å². The van der Waals surface area contributed by atoms with E-state index in [1.165, 1.54) is 0 Å². The lowest BCUT2D eigenvalue weighted by Crippen LogP contribution is -2.21. The van der Waals surface area contributed by atoms with Gasteiger partial charge >= 0.3 is 0 Å². The van der Waals surface area contributed by atoms with Crippen LogP contribution in [0.25, 0.3) is 0 Å². The Morgan fingerprint density at radius 3 is 2.45 bits per heavy atom. The van der Waals surface area contributed by atoms with Crippen LogP contribution in [0.3, 0.4) is 0 Å². The van der Waals surface area contributed by atoms with Crippen molar-refractivity contribution in [3.63, 3.8) is 0 Å². The number of nitrogen functional groups attached to an aromatic ring is 1. The topological polar surface area (TPSA) is 90.7 Å². The molecule has 7 heteroatoms. The molecular weight excluding hydrogens is 280 g/mol. The number of sulfonamides is 1. The van der Waals surface area contributed by atoms with E-state index in [4.69, 9.17) is 15.2 Å². The molecule has 3 N–H and O–H groups in total. The number of anilines is 2. The van der Waals surface area contributed by atoms with Gasteiger partial charge in [0.2, 0.25) is 16.8 Å². The zero-order valence-corrected chi connectivity index (χ0v) is 12.7. The standard InChI is InChI=1S/C13H20N2O4S/c1-13(2,3)4-5-20(16,17)15-10-7-12-11(6-9(10)14)18-8-19-12/h6-7,15H,4-5,8,14H2,1-3H3. The summed E-state index contributed by atoms with van der Waals surface area (Å²) in [5.74, 6) is 1.07. The summed E-state index contributed by atoms with van der Waals surface area (Å²) in [6.45, 7) is 6.11. The van der Waals surface area contributed by atoms with E-state index in [1.807, 2.05) is 20.8 Å². The molecule has 0 amide bonds. The maximum Gasteiger partial charge on any atom is 0.232 e. The van der Waals surface area contributed by atoms with Crippen LogP contribution in [0, 0.1) is 5.41 Å². The molecule has 1 aromatic rings. The van der Waals surface area contributed by atoms with Crippen molar-refractivity contribution >= 4 is 21.4 Å². The van der Waals surface area contributed by atoms with Crippen molar-refractivity contribution in [3.8, 4) is 11.5 Å². The number of hydrogen-bond acceptors (Lipinski definition) is 5. The van der Waals surface area contributed by atoms with Crippen LogP contribution in [0.2, 0.25) is 0 Å². The normalized spacial score (nSPS) is 14.3. The number of nitrogens with one attached hydrogen (secondary N) is 1. The second kappa shape index (κ2) is 5.05. The van der Waals surface area contributed by atoms with Crippen LogP contribution in [0.4, 0.5) is 11.4 Å². The monoisotopic (exact) mass is 300 g/mol. The molecule has 0 aliphatic carbocycles. The molecule has 0 saturated carbocycles. The molecule has 0 spiro atoms. The van der Waals surface area contributed by atoms with Crippen LogP contribution in [0.5, 0.6) is 11.5 Å². The van der Waals surface area contributed by atoms with Gasteiger partial charge in [0.15, 0.2) is 11.5 Å². The quantitative estimate of drug-likeness (QED) is 0.832. The molecule has 1 heterocycles. The average Bonchev–Trinajstić information content (AvgIpc) is 2.73. The van der Waals surface area contributed by atoms with Crippen molar-refractivity contribution < 1.29 is 17.9 Å². The summed E-state index contributed by atoms with van der Waals surface area (Å²) < 4.78 is 37.0. The molecule has 0 unspecified atom stereocenters. The van der Waals surface area contributed by atoms with Crippen molar-refractivity contribution in [3.05, 3.63) is 12.1 Å². The minimum absolute atomic E-state index is 0.0460. The molecule has 1 aliphatic heterocycles. The second-order valence-electron chi connectivity index (χ2n) is 6.02. The molecule has 6 nitrogen and oxygen atoms in total. The predicted octanol–water partition coefficient (Wildman–Crippen LogP) is 2.18. The van der Waals surface area contributed by atoms with E-state index in [0.29, 0.717) is 29.3 Å². The lowest BCUT2D eigenvalue weighted by molar-refractivity contribution is 0.174. The van der Waals surface area contributed by atoms with E-state index < -0.39 is 10.0 Å². The molecule has 0 saturated heterocycles. The third kappa shape index (κ3) is 3.69. The summed E-state index contributed by atoms with van der Waals surface area (Å²) in [5.41, 5.74) is 6.41. The number of rotatable bonds is 4. The first-order valence-electron chi connectivity index (χ1n) is 6.36. The molecule has 0 radical (unpaired) electrons. The highest BCUT2D eigenvalue weighted by molar-refractivity contribution is 7.92. The number of fused-ring (bicyclic) bond motifs is 1. The van der Waals surface area contributed by atoms with Gasteiger partial charge in [-0.25, -0.2) is 8.42 Å². The number of benzene rings is 1. The van der Waals surface area contributed by atoms with E-state index in [0.717, 1.165) is 0 Å². The Morgan fingerprint density at radius 2 is 1.85 bits per heavy atom. The van der Waals surface area contributed by atoms with Crippen LogP contribution < -0.4 is 19.9 Å². The summed E-state index contributed by atoms with van der Waals surface area (Å²) in [4.78, 5) is 0. The molecule has 0 fully saturated rings. The summed E-state index contributed by atoms with van der Waals surface area (Å²) >= 11 is 0. The summed E-state index contributed by atoms with van der Waals surface area (Å²) in [6.07, 6.45) is 0.562. The molecule has 1 aromatic carbocycles. The maximum absolute atomic E-state index is 12.1. The third-order valence-electron chi connectivity index (χ3n) is 2.93. The van der Waals surface area contributed by atoms with Crippen molar-refractivity contribution in [1.82, 2.24) is 0 Å². The molecule has 0 aromatic heterocycles. The molecule has 1 aliphatic rings. The van der Waals surface area contributed by atoms with Crippen LogP contribution in [0.15, 0.2) is 12.1 Å². The van der Waals surface area contributed by atoms with Crippen molar-refractivity contribution in [2.24, 2.45) is 5.41 Å².